The fourth-order valence-corrected chi connectivity index (χ4v) is 2.52. The molecule has 0 heterocycles. The van der Waals surface area contributed by atoms with Gasteiger partial charge in [-0.25, -0.2) is 25.3 Å². The van der Waals surface area contributed by atoms with Gasteiger partial charge in [0.2, 0.25) is 0 Å². The van der Waals surface area contributed by atoms with Crippen LogP contribution in [0.2, 0.25) is 0 Å². The summed E-state index contributed by atoms with van der Waals surface area (Å²) < 4.78 is 182. The van der Waals surface area contributed by atoms with Crippen molar-refractivity contribution in [1.29, 1.82) is 0 Å². The number of hydrogen-bond acceptors (Lipinski definition) is 14. The zero-order chi connectivity index (χ0) is 31.2. The average Bonchev–Trinajstić information content (AvgIpc) is 2.65. The normalized spacial score (nSPS) is 20.2. The summed E-state index contributed by atoms with van der Waals surface area (Å²) in [4.78, 5) is 0. The van der Waals surface area contributed by atoms with Crippen LogP contribution in [0.5, 0.6) is 0 Å². The standard InChI is InChI=1S/C13H19O.3CHF3O3S.5H3N.Os/c1-10-4-6-13(2)7-5-12(14-3)9-11(13)8-10;3*2-1(3,4)8(5,6)7;;;;;;/h4-5,7,11H,6,8-9H2,1-3H3;3*(H,5,6,7);5*1H3;/q+1;;;;;;;;;+2/p-3/t11-,13-;;;;;;;;;/m1........./s1. The van der Waals surface area contributed by atoms with E-state index in [1.54, 1.807) is 12.7 Å². The van der Waals surface area contributed by atoms with Crippen molar-refractivity contribution >= 4 is 36.1 Å². The summed E-state index contributed by atoms with van der Waals surface area (Å²) >= 11 is 0. The van der Waals surface area contributed by atoms with Crippen LogP contribution in [-0.4, -0.2) is 68.3 Å². The van der Waals surface area contributed by atoms with E-state index in [1.165, 1.54) is 12.8 Å². The molecule has 0 saturated heterocycles. The van der Waals surface area contributed by atoms with Crippen molar-refractivity contribution in [1.82, 2.24) is 30.8 Å². The van der Waals surface area contributed by atoms with E-state index in [0.29, 0.717) is 5.41 Å². The molecule has 0 fully saturated rings. The van der Waals surface area contributed by atoms with Crippen LogP contribution < -0.4 is 30.8 Å². The molecular formula is C16H34F9N5O10OsS3. The molecule has 15 nitrogen and oxygen atoms in total. The van der Waals surface area contributed by atoms with Gasteiger partial charge < -0.3 is 44.4 Å². The van der Waals surface area contributed by atoms with E-state index in [-0.39, 0.29) is 50.5 Å². The van der Waals surface area contributed by atoms with Gasteiger partial charge in [0.15, 0.2) is 30.4 Å². The Morgan fingerprint density at radius 2 is 1.00 bits per heavy atom. The second-order valence-corrected chi connectivity index (χ2v) is 11.7. The Morgan fingerprint density at radius 1 is 0.727 bits per heavy atom. The van der Waals surface area contributed by atoms with Gasteiger partial charge in [-0.3, -0.25) is 4.42 Å². The number of hydrogen-bond donors (Lipinski definition) is 5. The third-order valence-corrected chi connectivity index (χ3v) is 6.30. The fraction of sp³-hybridized carbons (Fsp3) is 0.688. The van der Waals surface area contributed by atoms with E-state index in [4.69, 9.17) is 43.3 Å². The molecule has 0 aromatic carbocycles. The minimum absolute atomic E-state index is 0. The number of fused-ring (bicyclic) bond motifs is 1. The first-order valence-electron chi connectivity index (χ1n) is 9.20. The molecule has 2 aliphatic carbocycles. The second kappa shape index (κ2) is 21.5. The van der Waals surface area contributed by atoms with Gasteiger partial charge in [0.1, 0.15) is 0 Å². The minimum atomic E-state index is -6.09. The third kappa shape index (κ3) is 22.2. The maximum Gasteiger partial charge on any atom is 2.00 e. The number of carbonyl (C=O) groups excluding carboxylic acids is 1. The van der Waals surface area contributed by atoms with Crippen LogP contribution in [0.1, 0.15) is 33.1 Å². The molecule has 28 heteroatoms. The van der Waals surface area contributed by atoms with Crippen LogP contribution in [-0.2, 0) is 54.6 Å². The van der Waals surface area contributed by atoms with Crippen LogP contribution in [0.3, 0.4) is 0 Å². The molecule has 2 atom stereocenters. The first-order chi connectivity index (χ1) is 16.4. The van der Waals surface area contributed by atoms with Crippen molar-refractivity contribution < 1.29 is 103 Å². The average molecular weight is 914 g/mol. The quantitative estimate of drug-likeness (QED) is 0.0754. The molecule has 0 bridgehead atoms. The Hall–Kier alpha value is -1.31. The predicted molar refractivity (Wildman–Crippen MR) is 132 cm³/mol. The van der Waals surface area contributed by atoms with E-state index in [0.717, 1.165) is 18.1 Å². The van der Waals surface area contributed by atoms with E-state index >= 15 is 0 Å². The van der Waals surface area contributed by atoms with Crippen molar-refractivity contribution in [3.63, 3.8) is 0 Å². The Kier molecular flexibility index (Phi) is 30.1. The molecule has 0 radical (unpaired) electrons. The van der Waals surface area contributed by atoms with Crippen molar-refractivity contribution in [2.45, 2.75) is 49.6 Å². The maximum atomic E-state index is 10.7. The van der Waals surface area contributed by atoms with Gasteiger partial charge in [-0.2, -0.15) is 39.5 Å². The number of rotatable bonds is 0. The largest absolute Gasteiger partial charge is 2.00 e. The summed E-state index contributed by atoms with van der Waals surface area (Å²) in [6.07, 6.45) is 10.4. The Balaban J connectivity index is -0.0000000650. The fourth-order valence-electron chi connectivity index (χ4n) is 2.52. The summed E-state index contributed by atoms with van der Waals surface area (Å²) in [6.45, 7) is 4.61. The van der Waals surface area contributed by atoms with Crippen LogP contribution in [0, 0.1) is 11.3 Å². The molecule has 0 unspecified atom stereocenters. The van der Waals surface area contributed by atoms with Gasteiger partial charge in [-0.15, -0.1) is 0 Å². The van der Waals surface area contributed by atoms with Gasteiger partial charge in [-0.05, 0) is 31.1 Å². The molecule has 0 amide bonds. The van der Waals surface area contributed by atoms with Crippen LogP contribution in [0.25, 0.3) is 0 Å². The van der Waals surface area contributed by atoms with E-state index in [1.807, 2.05) is 0 Å². The molecule has 2 aliphatic rings. The summed E-state index contributed by atoms with van der Waals surface area (Å²) in [5.41, 5.74) is -15.0. The van der Waals surface area contributed by atoms with E-state index in [2.05, 4.69) is 32.1 Å². The van der Waals surface area contributed by atoms with Crippen LogP contribution in [0.15, 0.2) is 23.8 Å². The van der Waals surface area contributed by atoms with Crippen molar-refractivity contribution in [2.24, 2.45) is 11.3 Å². The molecular weight excluding hydrogens is 880 g/mol. The molecule has 0 saturated carbocycles. The molecule has 272 valence electrons. The van der Waals surface area contributed by atoms with Gasteiger partial charge in [0.05, 0.1) is 6.42 Å². The molecule has 0 spiro atoms. The zero-order valence-electron chi connectivity index (χ0n) is 23.0. The first-order valence-corrected chi connectivity index (χ1v) is 13.4. The zero-order valence-corrected chi connectivity index (χ0v) is 28.0. The second-order valence-electron chi connectivity index (χ2n) is 7.57. The van der Waals surface area contributed by atoms with Crippen molar-refractivity contribution in [2.75, 3.05) is 7.11 Å². The number of alkyl halides is 9. The minimum Gasteiger partial charge on any atom is -0.741 e. The molecule has 15 N–H and O–H groups in total. The van der Waals surface area contributed by atoms with Crippen molar-refractivity contribution in [3.05, 3.63) is 23.8 Å². The van der Waals surface area contributed by atoms with E-state index in [9.17, 15) is 39.5 Å². The van der Waals surface area contributed by atoms with Crippen LogP contribution in [0.4, 0.5) is 39.5 Å². The number of ketones is 1. The molecule has 2 rings (SSSR count). The van der Waals surface area contributed by atoms with Crippen molar-refractivity contribution in [3.8, 4) is 0 Å². The topological polar surface area (TPSA) is 358 Å². The van der Waals surface area contributed by atoms with Gasteiger partial charge >= 0.3 is 42.1 Å². The Bertz CT molecular complexity index is 1140. The smallest absolute Gasteiger partial charge is 0.741 e. The summed E-state index contributed by atoms with van der Waals surface area (Å²) in [5.74, 6) is 1.88. The van der Waals surface area contributed by atoms with E-state index < -0.39 is 46.9 Å². The number of halogens is 9. The van der Waals surface area contributed by atoms with Crippen LogP contribution >= 0.6 is 0 Å². The van der Waals surface area contributed by atoms with Gasteiger partial charge in [0.25, 0.3) is 7.11 Å². The summed E-state index contributed by atoms with van der Waals surface area (Å²) in [5, 5.41) is 0. The molecule has 0 aromatic rings. The molecule has 44 heavy (non-hydrogen) atoms. The predicted octanol–water partition coefficient (Wildman–Crippen LogP) is 4.01. The maximum absolute atomic E-state index is 10.7. The monoisotopic (exact) mass is 915 g/mol. The first kappa shape index (κ1) is 61.7. The van der Waals surface area contributed by atoms with Gasteiger partial charge in [-0.1, -0.05) is 24.6 Å². The summed E-state index contributed by atoms with van der Waals surface area (Å²) in [7, 11) is -16.5. The summed E-state index contributed by atoms with van der Waals surface area (Å²) in [6, 6.07) is 0. The third-order valence-electron chi connectivity index (χ3n) is 4.60. The number of allylic oxidation sites excluding steroid dienone is 4. The Morgan fingerprint density at radius 3 is 1.23 bits per heavy atom. The van der Waals surface area contributed by atoms with Gasteiger partial charge in [0, 0.05) is 6.08 Å². The molecule has 0 aliphatic heterocycles. The Labute approximate surface area is 261 Å². The SMILES string of the molecule is C[O+]=C1C=C[C@@]2(C)CC=C(C)C[C@@H]2C1.N.N.N.N.N.O=S(=O)([O-])C(F)(F)F.O=S(=O)([O-])C(F)(F)F.O=S(=O)([O-])C(F)(F)F.[Os+2]. The molecule has 0 aromatic heterocycles.